The Morgan fingerprint density at radius 1 is 1.19 bits per heavy atom. The second-order valence-electron chi connectivity index (χ2n) is 7.25. The van der Waals surface area contributed by atoms with Crippen molar-refractivity contribution in [1.29, 1.82) is 0 Å². The van der Waals surface area contributed by atoms with Gasteiger partial charge >= 0.3 is 6.03 Å². The van der Waals surface area contributed by atoms with Gasteiger partial charge in [0.15, 0.2) is 0 Å². The SMILES string of the molecule is C=CCC1CCC2CC(C/C=C/CC)N(c3ccc([N+](=O)[O-])cc3)C(=O)N12. The summed E-state index contributed by atoms with van der Waals surface area (Å²) in [7, 11) is 0. The zero-order valence-corrected chi connectivity index (χ0v) is 15.8. The first kappa shape index (κ1) is 19.1. The lowest BCUT2D eigenvalue weighted by Crippen LogP contribution is -2.58. The Balaban J connectivity index is 1.91. The van der Waals surface area contributed by atoms with Crippen molar-refractivity contribution < 1.29 is 9.72 Å². The van der Waals surface area contributed by atoms with E-state index in [-0.39, 0.29) is 29.8 Å². The normalized spacial score (nSPS) is 25.1. The van der Waals surface area contributed by atoms with Gasteiger partial charge in [-0.2, -0.15) is 0 Å². The monoisotopic (exact) mass is 369 g/mol. The lowest BCUT2D eigenvalue weighted by Gasteiger charge is -2.45. The van der Waals surface area contributed by atoms with E-state index in [9.17, 15) is 14.9 Å². The maximum absolute atomic E-state index is 13.4. The van der Waals surface area contributed by atoms with E-state index in [1.165, 1.54) is 12.1 Å². The van der Waals surface area contributed by atoms with Gasteiger partial charge in [-0.15, -0.1) is 6.58 Å². The third kappa shape index (κ3) is 3.89. The molecular weight excluding hydrogens is 342 g/mol. The molecule has 2 aliphatic heterocycles. The van der Waals surface area contributed by atoms with Gasteiger partial charge in [0.05, 0.1) is 4.92 Å². The molecule has 0 spiro atoms. The van der Waals surface area contributed by atoms with Gasteiger partial charge in [-0.05, 0) is 50.7 Å². The smallest absolute Gasteiger partial charge is 0.318 e. The summed E-state index contributed by atoms with van der Waals surface area (Å²) in [4.78, 5) is 27.8. The fourth-order valence-corrected chi connectivity index (χ4v) is 4.31. The molecule has 0 aliphatic carbocycles. The predicted molar refractivity (Wildman–Crippen MR) is 107 cm³/mol. The van der Waals surface area contributed by atoms with Crippen molar-refractivity contribution in [1.82, 2.24) is 4.90 Å². The average molecular weight is 369 g/mol. The second-order valence-corrected chi connectivity index (χ2v) is 7.25. The zero-order chi connectivity index (χ0) is 19.4. The van der Waals surface area contributed by atoms with Crippen molar-refractivity contribution in [2.45, 2.75) is 63.6 Å². The van der Waals surface area contributed by atoms with Gasteiger partial charge in [0.25, 0.3) is 5.69 Å². The number of allylic oxidation sites excluding steroid dienone is 1. The molecule has 2 amide bonds. The molecular formula is C21H27N3O3. The Kier molecular flexibility index (Phi) is 5.94. The standard InChI is InChI=1S/C21H27N3O3/c1-3-5-6-8-19-15-20-14-11-16(7-4-2)22(20)21(25)23(19)17-9-12-18(13-10-17)24(26)27/h4-6,9-10,12-13,16,19-20H,2-3,7-8,11,14-15H2,1H3/b6-5+. The van der Waals surface area contributed by atoms with Gasteiger partial charge in [-0.3, -0.25) is 15.0 Å². The minimum atomic E-state index is -0.417. The van der Waals surface area contributed by atoms with E-state index in [4.69, 9.17) is 0 Å². The molecule has 0 saturated carbocycles. The number of non-ortho nitro benzene ring substituents is 1. The first-order valence-electron chi connectivity index (χ1n) is 9.68. The maximum Gasteiger partial charge on any atom is 0.325 e. The van der Waals surface area contributed by atoms with Crippen molar-refractivity contribution in [3.63, 3.8) is 0 Å². The molecule has 1 aromatic carbocycles. The van der Waals surface area contributed by atoms with Crippen molar-refractivity contribution in [2.75, 3.05) is 4.90 Å². The molecule has 0 bridgehead atoms. The summed E-state index contributed by atoms with van der Waals surface area (Å²) < 4.78 is 0. The van der Waals surface area contributed by atoms with E-state index in [1.54, 1.807) is 12.1 Å². The number of nitrogens with zero attached hydrogens (tertiary/aromatic N) is 3. The summed E-state index contributed by atoms with van der Waals surface area (Å²) in [6.45, 7) is 5.92. The van der Waals surface area contributed by atoms with Gasteiger partial charge in [-0.25, -0.2) is 4.79 Å². The zero-order valence-electron chi connectivity index (χ0n) is 15.8. The molecule has 0 aromatic heterocycles. The first-order chi connectivity index (χ1) is 13.1. The van der Waals surface area contributed by atoms with Crippen LogP contribution in [0.5, 0.6) is 0 Å². The van der Waals surface area contributed by atoms with Crippen LogP contribution in [-0.4, -0.2) is 34.0 Å². The van der Waals surface area contributed by atoms with Crippen LogP contribution in [0.2, 0.25) is 0 Å². The van der Waals surface area contributed by atoms with Crippen molar-refractivity contribution in [2.24, 2.45) is 0 Å². The Morgan fingerprint density at radius 3 is 2.56 bits per heavy atom. The van der Waals surface area contributed by atoms with E-state index in [0.717, 1.165) is 44.2 Å². The highest BCUT2D eigenvalue weighted by Crippen LogP contribution is 2.38. The Bertz CT molecular complexity index is 729. The van der Waals surface area contributed by atoms with Crippen LogP contribution in [0.15, 0.2) is 49.1 Å². The van der Waals surface area contributed by atoms with E-state index < -0.39 is 4.92 Å². The quantitative estimate of drug-likeness (QED) is 0.383. The van der Waals surface area contributed by atoms with Crippen LogP contribution in [0, 0.1) is 10.1 Å². The molecule has 3 atom stereocenters. The second kappa shape index (κ2) is 8.37. The molecule has 0 N–H and O–H groups in total. The molecule has 3 rings (SSSR count). The van der Waals surface area contributed by atoms with E-state index >= 15 is 0 Å². The minimum absolute atomic E-state index is 0.0133. The number of nitro benzene ring substituents is 1. The highest BCUT2D eigenvalue weighted by molar-refractivity contribution is 5.94. The number of carbonyl (C=O) groups excluding carboxylic acids is 1. The molecule has 2 heterocycles. The summed E-state index contributed by atoms with van der Waals surface area (Å²) in [5.41, 5.74) is 0.762. The number of hydrogen-bond donors (Lipinski definition) is 0. The fourth-order valence-electron chi connectivity index (χ4n) is 4.31. The van der Waals surface area contributed by atoms with Gasteiger partial charge < -0.3 is 4.90 Å². The largest absolute Gasteiger partial charge is 0.325 e. The number of amides is 2. The third-order valence-electron chi connectivity index (χ3n) is 5.54. The molecule has 1 aromatic rings. The Morgan fingerprint density at radius 2 is 1.93 bits per heavy atom. The number of carbonyl (C=O) groups is 1. The number of fused-ring (bicyclic) bond motifs is 1. The van der Waals surface area contributed by atoms with Gasteiger partial charge in [-0.1, -0.05) is 25.2 Å². The number of anilines is 1. The topological polar surface area (TPSA) is 66.7 Å². The molecule has 2 fully saturated rings. The number of nitro groups is 1. The highest BCUT2D eigenvalue weighted by atomic mass is 16.6. The van der Waals surface area contributed by atoms with Crippen LogP contribution < -0.4 is 4.90 Å². The van der Waals surface area contributed by atoms with Crippen LogP contribution in [0.25, 0.3) is 0 Å². The maximum atomic E-state index is 13.4. The van der Waals surface area contributed by atoms with Gasteiger partial charge in [0.1, 0.15) is 0 Å². The summed E-state index contributed by atoms with van der Waals surface area (Å²) >= 11 is 0. The van der Waals surface area contributed by atoms with Crippen LogP contribution in [0.1, 0.15) is 45.4 Å². The number of rotatable bonds is 7. The molecule has 2 aliphatic rings. The number of urea groups is 1. The summed E-state index contributed by atoms with van der Waals surface area (Å²) in [6, 6.07) is 6.88. The lowest BCUT2D eigenvalue weighted by atomic mass is 9.97. The van der Waals surface area contributed by atoms with Crippen LogP contribution in [0.4, 0.5) is 16.2 Å². The number of hydrogen-bond acceptors (Lipinski definition) is 3. The van der Waals surface area contributed by atoms with Crippen LogP contribution in [0.3, 0.4) is 0 Å². The number of benzene rings is 1. The summed E-state index contributed by atoms with van der Waals surface area (Å²) in [5.74, 6) is 0. The summed E-state index contributed by atoms with van der Waals surface area (Å²) in [5, 5.41) is 11.0. The Hall–Kier alpha value is -2.63. The third-order valence-corrected chi connectivity index (χ3v) is 5.54. The molecule has 6 heteroatoms. The van der Waals surface area contributed by atoms with E-state index in [2.05, 4.69) is 25.7 Å². The first-order valence-corrected chi connectivity index (χ1v) is 9.68. The summed E-state index contributed by atoms with van der Waals surface area (Å²) in [6.07, 6.45) is 11.7. The Labute approximate surface area is 160 Å². The molecule has 27 heavy (non-hydrogen) atoms. The van der Waals surface area contributed by atoms with Crippen LogP contribution in [-0.2, 0) is 0 Å². The fraction of sp³-hybridized carbons (Fsp3) is 0.476. The lowest BCUT2D eigenvalue weighted by molar-refractivity contribution is -0.384. The molecule has 144 valence electrons. The van der Waals surface area contributed by atoms with E-state index in [0.29, 0.717) is 0 Å². The van der Waals surface area contributed by atoms with Crippen molar-refractivity contribution in [3.05, 3.63) is 59.2 Å². The molecule has 3 unspecified atom stereocenters. The molecule has 2 saturated heterocycles. The van der Waals surface area contributed by atoms with E-state index in [1.807, 2.05) is 15.9 Å². The highest BCUT2D eigenvalue weighted by Gasteiger charge is 2.45. The minimum Gasteiger partial charge on any atom is -0.318 e. The van der Waals surface area contributed by atoms with Crippen LogP contribution >= 0.6 is 0 Å². The predicted octanol–water partition coefficient (Wildman–Crippen LogP) is 5.06. The van der Waals surface area contributed by atoms with Crippen molar-refractivity contribution >= 4 is 17.4 Å². The van der Waals surface area contributed by atoms with Gasteiger partial charge in [0.2, 0.25) is 0 Å². The average Bonchev–Trinajstić information content (AvgIpc) is 3.06. The molecule has 0 radical (unpaired) electrons. The molecule has 6 nitrogen and oxygen atoms in total. The van der Waals surface area contributed by atoms with Crippen molar-refractivity contribution in [3.8, 4) is 0 Å². The van der Waals surface area contributed by atoms with Gasteiger partial charge in [0, 0.05) is 35.9 Å².